The van der Waals surface area contributed by atoms with Gasteiger partial charge in [-0.3, -0.25) is 5.10 Å². The number of benzene rings is 2. The zero-order valence-electron chi connectivity index (χ0n) is 15.6. The minimum Gasteiger partial charge on any atom is -0.497 e. The predicted molar refractivity (Wildman–Crippen MR) is 105 cm³/mol. The summed E-state index contributed by atoms with van der Waals surface area (Å²) in [6, 6.07) is 15.8. The lowest BCUT2D eigenvalue weighted by Gasteiger charge is -2.33. The van der Waals surface area contributed by atoms with E-state index in [2.05, 4.69) is 15.2 Å². The summed E-state index contributed by atoms with van der Waals surface area (Å²) in [4.78, 5) is 4.85. The van der Waals surface area contributed by atoms with Crippen LogP contribution in [-0.4, -0.2) is 41.6 Å². The first-order valence-corrected chi connectivity index (χ1v) is 10.7. The summed E-state index contributed by atoms with van der Waals surface area (Å²) in [5.74, 6) is 1.77. The molecule has 0 radical (unpaired) electrons. The van der Waals surface area contributed by atoms with Crippen LogP contribution in [0.5, 0.6) is 5.75 Å². The van der Waals surface area contributed by atoms with E-state index in [1.54, 1.807) is 31.4 Å². The molecule has 1 unspecified atom stereocenters. The molecule has 1 saturated heterocycles. The maximum atomic E-state index is 13.3. The molecule has 28 heavy (non-hydrogen) atoms. The van der Waals surface area contributed by atoms with Crippen molar-refractivity contribution < 1.29 is 13.2 Å². The van der Waals surface area contributed by atoms with Gasteiger partial charge in [-0.15, -0.1) is 0 Å². The van der Waals surface area contributed by atoms with Crippen LogP contribution in [0.3, 0.4) is 0 Å². The number of H-pyrrole nitrogens is 1. The lowest BCUT2D eigenvalue weighted by molar-refractivity contribution is 0.247. The van der Waals surface area contributed by atoms with Crippen molar-refractivity contribution in [2.24, 2.45) is 0 Å². The Kier molecular flexibility index (Phi) is 5.15. The third-order valence-electron chi connectivity index (χ3n) is 4.97. The average Bonchev–Trinajstić information content (AvgIpc) is 3.25. The largest absolute Gasteiger partial charge is 0.497 e. The Balaban J connectivity index is 1.65. The molecule has 3 aromatic rings. The SMILES string of the molecule is COc1ccc(S(=O)(=O)N2CCCCC2c2nc(-c3ccccc3)n[nH]2)cc1. The number of piperidine rings is 1. The number of hydrogen-bond donors (Lipinski definition) is 1. The Labute approximate surface area is 164 Å². The molecular weight excluding hydrogens is 376 g/mol. The molecule has 0 amide bonds. The number of aromatic amines is 1. The van der Waals surface area contributed by atoms with Crippen LogP contribution in [0, 0.1) is 0 Å². The van der Waals surface area contributed by atoms with Crippen LogP contribution in [-0.2, 0) is 10.0 Å². The van der Waals surface area contributed by atoms with Crippen LogP contribution in [0.25, 0.3) is 11.4 Å². The van der Waals surface area contributed by atoms with E-state index in [4.69, 9.17) is 4.74 Å². The lowest BCUT2D eigenvalue weighted by atomic mass is 10.0. The zero-order valence-corrected chi connectivity index (χ0v) is 16.4. The van der Waals surface area contributed by atoms with Crippen LogP contribution in [0.2, 0.25) is 0 Å². The summed E-state index contributed by atoms with van der Waals surface area (Å²) in [6.07, 6.45) is 2.48. The third kappa shape index (κ3) is 3.53. The number of nitrogens with zero attached hydrogens (tertiary/aromatic N) is 3. The molecule has 1 atom stereocenters. The van der Waals surface area contributed by atoms with Crippen LogP contribution >= 0.6 is 0 Å². The number of rotatable bonds is 5. The van der Waals surface area contributed by atoms with E-state index in [0.29, 0.717) is 30.4 Å². The fourth-order valence-corrected chi connectivity index (χ4v) is 5.15. The number of sulfonamides is 1. The Morgan fingerprint density at radius 3 is 2.54 bits per heavy atom. The quantitative estimate of drug-likeness (QED) is 0.712. The van der Waals surface area contributed by atoms with Gasteiger partial charge in [0.05, 0.1) is 18.0 Å². The maximum absolute atomic E-state index is 13.3. The van der Waals surface area contributed by atoms with E-state index in [1.165, 1.54) is 4.31 Å². The summed E-state index contributed by atoms with van der Waals surface area (Å²) < 4.78 is 33.2. The first kappa shape index (κ1) is 18.6. The molecule has 0 aliphatic carbocycles. The van der Waals surface area contributed by atoms with Crippen molar-refractivity contribution in [1.29, 1.82) is 0 Å². The van der Waals surface area contributed by atoms with Gasteiger partial charge < -0.3 is 4.74 Å². The smallest absolute Gasteiger partial charge is 0.243 e. The van der Waals surface area contributed by atoms with Crippen molar-refractivity contribution in [3.05, 3.63) is 60.4 Å². The van der Waals surface area contributed by atoms with Gasteiger partial charge in [-0.2, -0.15) is 9.40 Å². The van der Waals surface area contributed by atoms with E-state index in [-0.39, 0.29) is 10.9 Å². The van der Waals surface area contributed by atoms with Gasteiger partial charge in [0.1, 0.15) is 11.6 Å². The average molecular weight is 398 g/mol. The molecule has 1 fully saturated rings. The number of ether oxygens (including phenoxy) is 1. The van der Waals surface area contributed by atoms with E-state index >= 15 is 0 Å². The van der Waals surface area contributed by atoms with E-state index in [1.807, 2.05) is 30.3 Å². The monoisotopic (exact) mass is 398 g/mol. The first-order valence-electron chi connectivity index (χ1n) is 9.23. The molecule has 1 aliphatic rings. The Morgan fingerprint density at radius 1 is 1.07 bits per heavy atom. The predicted octanol–water partition coefficient (Wildman–Crippen LogP) is 3.40. The Morgan fingerprint density at radius 2 is 1.82 bits per heavy atom. The van der Waals surface area contributed by atoms with Gasteiger partial charge in [-0.05, 0) is 37.1 Å². The number of aromatic nitrogens is 3. The van der Waals surface area contributed by atoms with Crippen molar-refractivity contribution in [2.45, 2.75) is 30.2 Å². The summed E-state index contributed by atoms with van der Waals surface area (Å²) in [7, 11) is -2.10. The second-order valence-corrected chi connectivity index (χ2v) is 8.60. The normalized spacial score (nSPS) is 18.1. The minimum atomic E-state index is -3.65. The third-order valence-corrected chi connectivity index (χ3v) is 6.89. The van der Waals surface area contributed by atoms with Crippen molar-refractivity contribution in [3.63, 3.8) is 0 Å². The fraction of sp³-hybridized carbons (Fsp3) is 0.300. The number of nitrogens with one attached hydrogen (secondary N) is 1. The van der Waals surface area contributed by atoms with Crippen LogP contribution in [0.1, 0.15) is 31.1 Å². The van der Waals surface area contributed by atoms with Crippen LogP contribution < -0.4 is 4.74 Å². The molecular formula is C20H22N4O3S. The number of methoxy groups -OCH3 is 1. The Hall–Kier alpha value is -2.71. The molecule has 2 aromatic carbocycles. The molecule has 1 N–H and O–H groups in total. The molecule has 0 bridgehead atoms. The van der Waals surface area contributed by atoms with Crippen molar-refractivity contribution in [1.82, 2.24) is 19.5 Å². The molecule has 0 spiro atoms. The highest BCUT2D eigenvalue weighted by atomic mass is 32.2. The summed E-state index contributed by atoms with van der Waals surface area (Å²) in [6.45, 7) is 0.459. The van der Waals surface area contributed by atoms with Crippen LogP contribution in [0.4, 0.5) is 0 Å². The van der Waals surface area contributed by atoms with Gasteiger partial charge in [-0.1, -0.05) is 36.8 Å². The van der Waals surface area contributed by atoms with Crippen molar-refractivity contribution in [3.8, 4) is 17.1 Å². The van der Waals surface area contributed by atoms with Crippen LogP contribution in [0.15, 0.2) is 59.5 Å². The molecule has 0 saturated carbocycles. The van der Waals surface area contributed by atoms with Gasteiger partial charge in [0.2, 0.25) is 10.0 Å². The molecule has 1 aromatic heterocycles. The second kappa shape index (κ2) is 7.73. The topological polar surface area (TPSA) is 88.2 Å². The summed E-state index contributed by atoms with van der Waals surface area (Å²) in [5.41, 5.74) is 0.894. The molecule has 8 heteroatoms. The van der Waals surface area contributed by atoms with Crippen molar-refractivity contribution in [2.75, 3.05) is 13.7 Å². The van der Waals surface area contributed by atoms with Gasteiger partial charge in [0, 0.05) is 12.1 Å². The standard InChI is InChI=1S/C20H22N4O3S/c1-27-16-10-12-17(13-11-16)28(25,26)24-14-6-5-9-18(24)20-21-19(22-23-20)15-7-3-2-4-8-15/h2-4,7-8,10-13,18H,5-6,9,14H2,1H3,(H,21,22,23). The lowest BCUT2D eigenvalue weighted by Crippen LogP contribution is -2.39. The number of hydrogen-bond acceptors (Lipinski definition) is 5. The maximum Gasteiger partial charge on any atom is 0.243 e. The highest BCUT2D eigenvalue weighted by Gasteiger charge is 2.36. The highest BCUT2D eigenvalue weighted by Crippen LogP contribution is 2.34. The zero-order chi connectivity index (χ0) is 19.6. The van der Waals surface area contributed by atoms with Gasteiger partial charge >= 0.3 is 0 Å². The molecule has 7 nitrogen and oxygen atoms in total. The summed E-state index contributed by atoms with van der Waals surface area (Å²) in [5, 5.41) is 7.26. The molecule has 1 aliphatic heterocycles. The van der Waals surface area contributed by atoms with E-state index < -0.39 is 10.0 Å². The molecule has 2 heterocycles. The van der Waals surface area contributed by atoms with Gasteiger partial charge in [0.15, 0.2) is 5.82 Å². The Bertz CT molecular complexity index is 1030. The minimum absolute atomic E-state index is 0.253. The highest BCUT2D eigenvalue weighted by molar-refractivity contribution is 7.89. The fourth-order valence-electron chi connectivity index (χ4n) is 3.49. The van der Waals surface area contributed by atoms with E-state index in [9.17, 15) is 8.42 Å². The molecule has 146 valence electrons. The molecule has 4 rings (SSSR count). The van der Waals surface area contributed by atoms with Crippen molar-refractivity contribution >= 4 is 10.0 Å². The first-order chi connectivity index (χ1) is 13.6. The second-order valence-electron chi connectivity index (χ2n) is 6.71. The van der Waals surface area contributed by atoms with Gasteiger partial charge in [0.25, 0.3) is 0 Å². The van der Waals surface area contributed by atoms with Gasteiger partial charge in [-0.25, -0.2) is 13.4 Å². The van der Waals surface area contributed by atoms with E-state index in [0.717, 1.165) is 18.4 Å². The summed E-state index contributed by atoms with van der Waals surface area (Å²) >= 11 is 0.